The minimum absolute atomic E-state index is 0.940. The summed E-state index contributed by atoms with van der Waals surface area (Å²) in [6.45, 7) is 2.86. The van der Waals surface area contributed by atoms with Crippen LogP contribution in [0, 0.1) is 34.0 Å². The fraction of sp³-hybridized carbons (Fsp3) is 0.333. The highest BCUT2D eigenvalue weighted by Gasteiger charge is 1.75. The van der Waals surface area contributed by atoms with Crippen molar-refractivity contribution in [1.29, 1.82) is 15.8 Å². The molecule has 0 atom stereocenters. The van der Waals surface area contributed by atoms with Gasteiger partial charge in [-0.1, -0.05) is 0 Å². The van der Waals surface area contributed by atoms with Crippen molar-refractivity contribution in [1.82, 2.24) is 0 Å². The second kappa shape index (κ2) is 24.6. The third-order valence-electron chi connectivity index (χ3n) is 0.110. The van der Waals surface area contributed by atoms with Gasteiger partial charge in [-0.25, -0.2) is 0 Å². The normalized spacial score (nSPS) is 3.91. The molecule has 0 unspecified atom stereocenters. The molecule has 5 heteroatoms. The summed E-state index contributed by atoms with van der Waals surface area (Å²) in [7, 11) is 0. The van der Waals surface area contributed by atoms with E-state index in [0.717, 1.165) is 0 Å². The molecule has 2 N–H and O–H groups in total. The molecule has 1 amide bonds. The van der Waals surface area contributed by atoms with Crippen molar-refractivity contribution < 1.29 is 4.79 Å². The zero-order valence-electron chi connectivity index (χ0n) is 6.33. The minimum atomic E-state index is -0.940. The van der Waals surface area contributed by atoms with Gasteiger partial charge >= 0.3 is 5.91 Å². The molecule has 0 aromatic rings. The van der Waals surface area contributed by atoms with E-state index in [2.05, 4.69) is 5.73 Å². The lowest BCUT2D eigenvalue weighted by Gasteiger charge is -1.56. The number of amides is 1. The zero-order valence-corrected chi connectivity index (χ0v) is 6.33. The Labute approximate surface area is 65.3 Å². The highest BCUT2D eigenvalue weighted by Crippen LogP contribution is 1.37. The molecular weight excluding hydrogens is 144 g/mol. The van der Waals surface area contributed by atoms with Gasteiger partial charge in [0.25, 0.3) is 0 Å². The summed E-state index contributed by atoms with van der Waals surface area (Å²) < 4.78 is 0. The molecule has 0 aromatic carbocycles. The van der Waals surface area contributed by atoms with Gasteiger partial charge in [-0.15, -0.1) is 0 Å². The number of nitrogens with zero attached hydrogens (tertiary/aromatic N) is 3. The Morgan fingerprint density at radius 2 is 1.27 bits per heavy atom. The van der Waals surface area contributed by atoms with Crippen LogP contribution in [0.3, 0.4) is 0 Å². The molecule has 0 rings (SSSR count). The maximum absolute atomic E-state index is 9.23. The quantitative estimate of drug-likeness (QED) is 0.494. The third kappa shape index (κ3) is 77800. The Morgan fingerprint density at radius 1 is 1.18 bits per heavy atom. The van der Waals surface area contributed by atoms with Crippen LogP contribution in [0.25, 0.3) is 0 Å². The molecule has 0 saturated heterocycles. The van der Waals surface area contributed by atoms with Gasteiger partial charge in [0.05, 0.1) is 12.1 Å². The summed E-state index contributed by atoms with van der Waals surface area (Å²) in [5.41, 5.74) is 4.29. The summed E-state index contributed by atoms with van der Waals surface area (Å²) in [5.74, 6) is -0.940. The van der Waals surface area contributed by atoms with E-state index in [1.807, 2.05) is 0 Å². The smallest absolute Gasteiger partial charge is 0.319 e. The second-order valence-electron chi connectivity index (χ2n) is 0.923. The van der Waals surface area contributed by atoms with Crippen LogP contribution in [-0.4, -0.2) is 5.91 Å². The highest BCUT2D eigenvalue weighted by atomic mass is 16.1. The Hall–Kier alpha value is -2.06. The van der Waals surface area contributed by atoms with Crippen molar-refractivity contribution in [2.24, 2.45) is 5.73 Å². The van der Waals surface area contributed by atoms with Gasteiger partial charge in [0.1, 0.15) is 0 Å². The fourth-order valence-electron chi connectivity index (χ4n) is 0. The Morgan fingerprint density at radius 3 is 1.27 bits per heavy atom. The summed E-state index contributed by atoms with van der Waals surface area (Å²) in [4.78, 5) is 9.23. The van der Waals surface area contributed by atoms with E-state index >= 15 is 0 Å². The molecule has 0 aliphatic rings. The van der Waals surface area contributed by atoms with Crippen LogP contribution in [0.4, 0.5) is 0 Å². The molecule has 58 valence electrons. The topological polar surface area (TPSA) is 114 Å². The lowest BCUT2D eigenvalue weighted by Crippen LogP contribution is -2.05. The summed E-state index contributed by atoms with van der Waals surface area (Å²) in [6.07, 6.45) is 0. The largest absolute Gasteiger partial charge is 0.357 e. The first-order valence-corrected chi connectivity index (χ1v) is 2.41. The fourth-order valence-corrected chi connectivity index (χ4v) is 0. The molecule has 0 aromatic heterocycles. The van der Waals surface area contributed by atoms with Gasteiger partial charge < -0.3 is 5.73 Å². The van der Waals surface area contributed by atoms with Gasteiger partial charge in [0.2, 0.25) is 0 Å². The van der Waals surface area contributed by atoms with E-state index in [-0.39, 0.29) is 0 Å². The molecule has 0 bridgehead atoms. The number of rotatable bonds is 0. The molecule has 11 heavy (non-hydrogen) atoms. The highest BCUT2D eigenvalue weighted by molar-refractivity contribution is 5.89. The number of hydrogen-bond acceptors (Lipinski definition) is 4. The number of carbonyl (C=O) groups excluding carboxylic acids is 1. The molecular formula is C6H8N4O. The maximum Gasteiger partial charge on any atom is 0.319 e. The van der Waals surface area contributed by atoms with Crippen LogP contribution in [0.1, 0.15) is 13.8 Å². The molecule has 0 fully saturated rings. The van der Waals surface area contributed by atoms with Crippen LogP contribution in [0.5, 0.6) is 0 Å². The van der Waals surface area contributed by atoms with E-state index in [1.54, 1.807) is 12.1 Å². The molecule has 5 nitrogen and oxygen atoms in total. The van der Waals surface area contributed by atoms with Crippen molar-refractivity contribution >= 4 is 5.91 Å². The lowest BCUT2D eigenvalue weighted by atomic mass is 10.7. The number of nitrogens with two attached hydrogens (primary N) is 1. The van der Waals surface area contributed by atoms with Gasteiger partial charge in [-0.2, -0.15) is 15.8 Å². The minimum Gasteiger partial charge on any atom is -0.357 e. The second-order valence-corrected chi connectivity index (χ2v) is 0.923. The first-order valence-electron chi connectivity index (χ1n) is 2.41. The van der Waals surface area contributed by atoms with Crippen LogP contribution in [-0.2, 0) is 4.79 Å². The van der Waals surface area contributed by atoms with Crippen LogP contribution in [0.2, 0.25) is 0 Å². The van der Waals surface area contributed by atoms with Crippen molar-refractivity contribution in [3.63, 3.8) is 0 Å². The first kappa shape index (κ1) is 16.0. The Kier molecular flexibility index (Phi) is 35.8. The SMILES string of the molecule is CC#N.CC#N.N#CC(N)=O. The summed E-state index contributed by atoms with van der Waals surface area (Å²) >= 11 is 0. The standard InChI is InChI=1S/C2H2N2O.2C2H3N/c3-1-2(4)5;2*1-2-3/h(H2,4,5);2*1H3. The van der Waals surface area contributed by atoms with E-state index in [1.165, 1.54) is 19.9 Å². The molecule has 0 aliphatic heterocycles. The van der Waals surface area contributed by atoms with E-state index in [0.29, 0.717) is 0 Å². The third-order valence-corrected chi connectivity index (χ3v) is 0.110. The molecule has 0 saturated carbocycles. The van der Waals surface area contributed by atoms with Crippen LogP contribution < -0.4 is 5.73 Å². The summed E-state index contributed by atoms with van der Waals surface area (Å²) in [5, 5.41) is 22.1. The first-order chi connectivity index (χ1) is 5.10. The predicted molar refractivity (Wildman–Crippen MR) is 37.4 cm³/mol. The number of hydrogen-bond donors (Lipinski definition) is 1. The van der Waals surface area contributed by atoms with Gasteiger partial charge in [0, 0.05) is 13.8 Å². The number of carbonyl (C=O) groups is 1. The lowest BCUT2D eigenvalue weighted by molar-refractivity contribution is -0.113. The monoisotopic (exact) mass is 152 g/mol. The maximum atomic E-state index is 9.23. The molecule has 0 aliphatic carbocycles. The van der Waals surface area contributed by atoms with E-state index < -0.39 is 5.91 Å². The number of primary amides is 1. The average molecular weight is 152 g/mol. The van der Waals surface area contributed by atoms with Crippen LogP contribution in [0.15, 0.2) is 0 Å². The zero-order chi connectivity index (χ0) is 9.70. The van der Waals surface area contributed by atoms with Gasteiger partial charge in [-0.05, 0) is 0 Å². The van der Waals surface area contributed by atoms with E-state index in [9.17, 15) is 4.79 Å². The van der Waals surface area contributed by atoms with Crippen molar-refractivity contribution in [2.45, 2.75) is 13.8 Å². The summed E-state index contributed by atoms with van der Waals surface area (Å²) in [6, 6.07) is 4.67. The van der Waals surface area contributed by atoms with Crippen molar-refractivity contribution in [3.8, 4) is 18.2 Å². The predicted octanol–water partition coefficient (Wildman–Crippen LogP) is 0.0550. The average Bonchev–Trinajstić information content (AvgIpc) is 1.91. The molecule has 0 heterocycles. The van der Waals surface area contributed by atoms with Crippen LogP contribution >= 0.6 is 0 Å². The molecule has 0 spiro atoms. The number of nitriles is 3. The van der Waals surface area contributed by atoms with Gasteiger partial charge in [-0.3, -0.25) is 4.79 Å². The van der Waals surface area contributed by atoms with Crippen molar-refractivity contribution in [2.75, 3.05) is 0 Å². The Balaban J connectivity index is -0.0000000933. The Bertz CT molecular complexity index is 190. The van der Waals surface area contributed by atoms with Gasteiger partial charge in [0.15, 0.2) is 6.07 Å². The van der Waals surface area contributed by atoms with E-state index in [4.69, 9.17) is 15.8 Å². The van der Waals surface area contributed by atoms with Crippen molar-refractivity contribution in [3.05, 3.63) is 0 Å². The molecule has 0 radical (unpaired) electrons.